The predicted octanol–water partition coefficient (Wildman–Crippen LogP) is 5.39. The van der Waals surface area contributed by atoms with E-state index in [-0.39, 0.29) is 42.1 Å². The van der Waals surface area contributed by atoms with E-state index in [9.17, 15) is 14.0 Å². The third kappa shape index (κ3) is 7.18. The van der Waals surface area contributed by atoms with E-state index in [2.05, 4.69) is 38.2 Å². The molecule has 2 amide bonds. The fourth-order valence-electron chi connectivity index (χ4n) is 3.42. The van der Waals surface area contributed by atoms with Gasteiger partial charge in [0.25, 0.3) is 0 Å². The highest BCUT2D eigenvalue weighted by Gasteiger charge is 2.27. The van der Waals surface area contributed by atoms with Crippen LogP contribution in [0.25, 0.3) is 0 Å². The summed E-state index contributed by atoms with van der Waals surface area (Å²) in [6.07, 6.45) is 1.62. The van der Waals surface area contributed by atoms with Gasteiger partial charge in [0.15, 0.2) is 0 Å². The van der Waals surface area contributed by atoms with Crippen LogP contribution in [-0.2, 0) is 28.0 Å². The van der Waals surface area contributed by atoms with E-state index in [1.54, 1.807) is 25.1 Å². The largest absolute Gasteiger partial charge is 0.352 e. The van der Waals surface area contributed by atoms with Gasteiger partial charge < -0.3 is 10.2 Å². The Kier molecular flexibility index (Phi) is 8.99. The van der Waals surface area contributed by atoms with Crippen molar-refractivity contribution >= 4 is 11.8 Å². The van der Waals surface area contributed by atoms with Crippen LogP contribution in [0.15, 0.2) is 48.5 Å². The number of carbonyl (C=O) groups is 2. The van der Waals surface area contributed by atoms with Crippen molar-refractivity contribution < 1.29 is 14.0 Å². The first kappa shape index (κ1) is 25.6. The zero-order valence-electron chi connectivity index (χ0n) is 20.2. The zero-order valence-corrected chi connectivity index (χ0v) is 20.2. The maximum Gasteiger partial charge on any atom is 0.242 e. The molecule has 0 saturated heterocycles. The molecule has 0 radical (unpaired) electrons. The molecule has 0 aliphatic rings. The van der Waals surface area contributed by atoms with Crippen LogP contribution in [0.5, 0.6) is 0 Å². The number of benzene rings is 2. The monoisotopic (exact) mass is 440 g/mol. The number of hydrogen-bond donors (Lipinski definition) is 1. The van der Waals surface area contributed by atoms with E-state index < -0.39 is 6.04 Å². The average Bonchev–Trinajstić information content (AvgIpc) is 2.76. The maximum absolute atomic E-state index is 14.3. The van der Waals surface area contributed by atoms with Gasteiger partial charge in [-0.3, -0.25) is 9.59 Å². The van der Waals surface area contributed by atoms with Crippen molar-refractivity contribution in [3.63, 3.8) is 0 Å². The van der Waals surface area contributed by atoms with Crippen molar-refractivity contribution in [2.45, 2.75) is 84.8 Å². The van der Waals surface area contributed by atoms with Gasteiger partial charge >= 0.3 is 0 Å². The molecular weight excluding hydrogens is 403 g/mol. The lowest BCUT2D eigenvalue weighted by atomic mass is 9.86. The Morgan fingerprint density at radius 3 is 2.22 bits per heavy atom. The molecule has 0 aromatic heterocycles. The van der Waals surface area contributed by atoms with Crippen molar-refractivity contribution in [1.29, 1.82) is 0 Å². The smallest absolute Gasteiger partial charge is 0.242 e. The second-order valence-corrected chi connectivity index (χ2v) is 9.55. The Balaban J connectivity index is 2.15. The quantitative estimate of drug-likeness (QED) is 0.568. The van der Waals surface area contributed by atoms with Crippen LogP contribution < -0.4 is 5.32 Å². The zero-order chi connectivity index (χ0) is 23.9. The minimum absolute atomic E-state index is 0.0108. The summed E-state index contributed by atoms with van der Waals surface area (Å²) >= 11 is 0. The standard InChI is InChI=1S/C27H37FN2O2/c1-7-19(2)29-26(32)20(3)30(18-22-10-8-9-11-24(22)28)25(31)17-14-21-12-15-23(16-13-21)27(4,5)6/h8-13,15-16,19-20H,7,14,17-18H2,1-6H3,(H,29,32). The molecule has 5 heteroatoms. The van der Waals surface area contributed by atoms with Crippen LogP contribution in [0.3, 0.4) is 0 Å². The van der Waals surface area contributed by atoms with Gasteiger partial charge in [-0.25, -0.2) is 4.39 Å². The first-order valence-electron chi connectivity index (χ1n) is 11.5. The van der Waals surface area contributed by atoms with Gasteiger partial charge in [-0.05, 0) is 49.3 Å². The molecule has 0 fully saturated rings. The summed E-state index contributed by atoms with van der Waals surface area (Å²) in [7, 11) is 0. The van der Waals surface area contributed by atoms with Crippen LogP contribution in [0.2, 0.25) is 0 Å². The molecule has 2 unspecified atom stereocenters. The van der Waals surface area contributed by atoms with E-state index >= 15 is 0 Å². The number of hydrogen-bond acceptors (Lipinski definition) is 2. The first-order valence-corrected chi connectivity index (χ1v) is 11.5. The number of carbonyl (C=O) groups excluding carboxylic acids is 2. The Morgan fingerprint density at radius 1 is 1.03 bits per heavy atom. The lowest BCUT2D eigenvalue weighted by Gasteiger charge is -2.30. The molecule has 2 rings (SSSR count). The molecule has 0 aliphatic carbocycles. The van der Waals surface area contributed by atoms with Crippen molar-refractivity contribution in [3.8, 4) is 0 Å². The van der Waals surface area contributed by atoms with Crippen LogP contribution >= 0.6 is 0 Å². The number of nitrogens with one attached hydrogen (secondary N) is 1. The topological polar surface area (TPSA) is 49.4 Å². The lowest BCUT2D eigenvalue weighted by molar-refractivity contribution is -0.140. The van der Waals surface area contributed by atoms with Crippen LogP contribution in [0.1, 0.15) is 71.1 Å². The highest BCUT2D eigenvalue weighted by atomic mass is 19.1. The average molecular weight is 441 g/mol. The van der Waals surface area contributed by atoms with Gasteiger partial charge in [-0.2, -0.15) is 0 Å². The number of amides is 2. The molecule has 0 saturated carbocycles. The normalized spacial score (nSPS) is 13.3. The predicted molar refractivity (Wildman–Crippen MR) is 128 cm³/mol. The Hall–Kier alpha value is -2.69. The van der Waals surface area contributed by atoms with Gasteiger partial charge in [-0.1, -0.05) is 70.2 Å². The minimum atomic E-state index is -0.695. The fourth-order valence-corrected chi connectivity index (χ4v) is 3.42. The number of rotatable bonds is 9. The number of halogens is 1. The van der Waals surface area contributed by atoms with Gasteiger partial charge in [-0.15, -0.1) is 0 Å². The molecule has 4 nitrogen and oxygen atoms in total. The molecule has 2 atom stereocenters. The van der Waals surface area contributed by atoms with Crippen molar-refractivity contribution in [2.75, 3.05) is 0 Å². The molecule has 32 heavy (non-hydrogen) atoms. The van der Waals surface area contributed by atoms with Gasteiger partial charge in [0.1, 0.15) is 11.9 Å². The molecule has 174 valence electrons. The molecule has 2 aromatic rings. The van der Waals surface area contributed by atoms with E-state index in [0.717, 1.165) is 12.0 Å². The summed E-state index contributed by atoms with van der Waals surface area (Å²) in [6, 6.07) is 14.0. The van der Waals surface area contributed by atoms with Crippen LogP contribution in [0.4, 0.5) is 4.39 Å². The summed E-state index contributed by atoms with van der Waals surface area (Å²) in [5.74, 6) is -0.767. The molecule has 1 N–H and O–H groups in total. The SMILES string of the molecule is CCC(C)NC(=O)C(C)N(Cc1ccccc1F)C(=O)CCc1ccc(C(C)(C)C)cc1. The van der Waals surface area contributed by atoms with E-state index in [0.29, 0.717) is 12.0 Å². The lowest BCUT2D eigenvalue weighted by Crippen LogP contribution is -2.49. The van der Waals surface area contributed by atoms with Crippen molar-refractivity contribution in [3.05, 3.63) is 71.0 Å². The fraction of sp³-hybridized carbons (Fsp3) is 0.481. The van der Waals surface area contributed by atoms with Gasteiger partial charge in [0.05, 0.1) is 0 Å². The van der Waals surface area contributed by atoms with Gasteiger partial charge in [0.2, 0.25) is 11.8 Å². The molecule has 0 bridgehead atoms. The third-order valence-electron chi connectivity index (χ3n) is 5.91. The summed E-state index contributed by atoms with van der Waals surface area (Å²) in [5, 5.41) is 2.93. The van der Waals surface area contributed by atoms with Gasteiger partial charge in [0, 0.05) is 24.6 Å². The molecule has 0 heterocycles. The summed E-state index contributed by atoms with van der Waals surface area (Å²) in [4.78, 5) is 27.4. The van der Waals surface area contributed by atoms with Crippen LogP contribution in [-0.4, -0.2) is 28.8 Å². The third-order valence-corrected chi connectivity index (χ3v) is 5.91. The molecule has 0 spiro atoms. The summed E-state index contributed by atoms with van der Waals surface area (Å²) < 4.78 is 14.3. The number of aryl methyl sites for hydroxylation is 1. The number of nitrogens with zero attached hydrogens (tertiary/aromatic N) is 1. The Morgan fingerprint density at radius 2 is 1.66 bits per heavy atom. The molecule has 2 aromatic carbocycles. The van der Waals surface area contributed by atoms with E-state index in [1.807, 2.05) is 26.0 Å². The summed E-state index contributed by atoms with van der Waals surface area (Å²) in [5.41, 5.74) is 2.78. The minimum Gasteiger partial charge on any atom is -0.352 e. The van der Waals surface area contributed by atoms with E-state index in [4.69, 9.17) is 0 Å². The Labute approximate surface area is 192 Å². The Bertz CT molecular complexity index is 903. The van der Waals surface area contributed by atoms with Crippen LogP contribution in [0, 0.1) is 5.82 Å². The second kappa shape index (κ2) is 11.3. The van der Waals surface area contributed by atoms with Crippen molar-refractivity contribution in [2.24, 2.45) is 0 Å². The summed E-state index contributed by atoms with van der Waals surface area (Å²) in [6.45, 7) is 12.2. The maximum atomic E-state index is 14.3. The first-order chi connectivity index (χ1) is 15.0. The molecule has 0 aliphatic heterocycles. The van der Waals surface area contributed by atoms with Crippen molar-refractivity contribution in [1.82, 2.24) is 10.2 Å². The molecular formula is C27H37FN2O2. The second-order valence-electron chi connectivity index (χ2n) is 9.55. The van der Waals surface area contributed by atoms with E-state index in [1.165, 1.54) is 16.5 Å². The highest BCUT2D eigenvalue weighted by molar-refractivity contribution is 5.87. The highest BCUT2D eigenvalue weighted by Crippen LogP contribution is 2.23.